The molecule has 0 spiro atoms. The Morgan fingerprint density at radius 1 is 1.29 bits per heavy atom. The maximum absolute atomic E-state index is 6.02. The van der Waals surface area contributed by atoms with Crippen LogP contribution in [0.25, 0.3) is 0 Å². The van der Waals surface area contributed by atoms with Crippen LogP contribution in [0.5, 0.6) is 0 Å². The Bertz CT molecular complexity index is 203. The molecule has 0 aliphatic carbocycles. The zero-order valence-electron chi connectivity index (χ0n) is 11.2. The Balaban J connectivity index is 1.65. The largest absolute Gasteiger partial charge is 0.384 e. The standard InChI is InChI=1S/C13H26N2O2/c1-14-7-12-3-4-13(17-12)9-15-6-5-11(8-15)10-16-2/h11-14H,3-10H2,1-2H3. The van der Waals surface area contributed by atoms with Gasteiger partial charge >= 0.3 is 0 Å². The van der Waals surface area contributed by atoms with Gasteiger partial charge in [-0.1, -0.05) is 0 Å². The van der Waals surface area contributed by atoms with Gasteiger partial charge in [0.05, 0.1) is 18.8 Å². The zero-order valence-corrected chi connectivity index (χ0v) is 11.2. The van der Waals surface area contributed by atoms with Crippen molar-refractivity contribution < 1.29 is 9.47 Å². The minimum atomic E-state index is 0.433. The van der Waals surface area contributed by atoms with Gasteiger partial charge in [-0.05, 0) is 38.8 Å². The number of hydrogen-bond acceptors (Lipinski definition) is 4. The number of likely N-dealkylation sites (N-methyl/N-ethyl adjacent to an activating group) is 1. The van der Waals surface area contributed by atoms with Crippen molar-refractivity contribution in [1.29, 1.82) is 0 Å². The Hall–Kier alpha value is -0.160. The van der Waals surface area contributed by atoms with Crippen molar-refractivity contribution in [2.75, 3.05) is 46.9 Å². The molecule has 2 aliphatic heterocycles. The fraction of sp³-hybridized carbons (Fsp3) is 1.00. The molecule has 0 bridgehead atoms. The first-order chi connectivity index (χ1) is 8.31. The minimum Gasteiger partial charge on any atom is -0.384 e. The van der Waals surface area contributed by atoms with Crippen LogP contribution in [0.1, 0.15) is 19.3 Å². The number of hydrogen-bond donors (Lipinski definition) is 1. The van der Waals surface area contributed by atoms with Gasteiger partial charge in [-0.2, -0.15) is 0 Å². The van der Waals surface area contributed by atoms with E-state index in [1.165, 1.54) is 32.4 Å². The Morgan fingerprint density at radius 3 is 2.88 bits per heavy atom. The first kappa shape index (κ1) is 13.3. The van der Waals surface area contributed by atoms with Crippen LogP contribution < -0.4 is 5.32 Å². The summed E-state index contributed by atoms with van der Waals surface area (Å²) in [6.07, 6.45) is 4.59. The van der Waals surface area contributed by atoms with Crippen LogP contribution in [0.3, 0.4) is 0 Å². The zero-order chi connectivity index (χ0) is 12.1. The van der Waals surface area contributed by atoms with Crippen molar-refractivity contribution in [1.82, 2.24) is 10.2 Å². The molecule has 0 aromatic carbocycles. The summed E-state index contributed by atoms with van der Waals surface area (Å²) in [7, 11) is 3.79. The summed E-state index contributed by atoms with van der Waals surface area (Å²) in [5.74, 6) is 0.731. The van der Waals surface area contributed by atoms with Crippen LogP contribution >= 0.6 is 0 Å². The van der Waals surface area contributed by atoms with E-state index in [4.69, 9.17) is 9.47 Å². The number of rotatable bonds is 6. The van der Waals surface area contributed by atoms with Crippen LogP contribution in [-0.2, 0) is 9.47 Å². The fourth-order valence-electron chi connectivity index (χ4n) is 3.03. The summed E-state index contributed by atoms with van der Waals surface area (Å²) < 4.78 is 11.3. The smallest absolute Gasteiger partial charge is 0.0707 e. The van der Waals surface area contributed by atoms with Gasteiger partial charge in [0.25, 0.3) is 0 Å². The normalized spacial score (nSPS) is 34.6. The van der Waals surface area contributed by atoms with E-state index in [2.05, 4.69) is 10.2 Å². The van der Waals surface area contributed by atoms with Gasteiger partial charge in [-0.3, -0.25) is 0 Å². The van der Waals surface area contributed by atoms with Crippen LogP contribution in [-0.4, -0.2) is 64.1 Å². The van der Waals surface area contributed by atoms with E-state index < -0.39 is 0 Å². The van der Waals surface area contributed by atoms with Crippen molar-refractivity contribution in [3.63, 3.8) is 0 Å². The van der Waals surface area contributed by atoms with Crippen molar-refractivity contribution >= 4 is 0 Å². The Morgan fingerprint density at radius 2 is 2.12 bits per heavy atom. The SMILES string of the molecule is CNCC1CCC(CN2CCC(COC)C2)O1. The van der Waals surface area contributed by atoms with Crippen molar-refractivity contribution in [2.24, 2.45) is 5.92 Å². The van der Waals surface area contributed by atoms with Gasteiger partial charge in [-0.25, -0.2) is 0 Å². The molecule has 0 radical (unpaired) electrons. The lowest BCUT2D eigenvalue weighted by molar-refractivity contribution is 0.0270. The van der Waals surface area contributed by atoms with Gasteiger partial charge in [-0.15, -0.1) is 0 Å². The predicted octanol–water partition coefficient (Wildman–Crippen LogP) is 0.722. The maximum Gasteiger partial charge on any atom is 0.0707 e. The summed E-state index contributed by atoms with van der Waals surface area (Å²) >= 11 is 0. The third-order valence-electron chi connectivity index (χ3n) is 3.86. The van der Waals surface area contributed by atoms with E-state index in [1.54, 1.807) is 7.11 Å². The molecule has 2 fully saturated rings. The topological polar surface area (TPSA) is 33.7 Å². The highest BCUT2D eigenvalue weighted by Crippen LogP contribution is 2.23. The first-order valence-corrected chi connectivity index (χ1v) is 6.83. The lowest BCUT2D eigenvalue weighted by atomic mass is 10.1. The molecule has 2 saturated heterocycles. The van der Waals surface area contributed by atoms with E-state index >= 15 is 0 Å². The molecule has 0 saturated carbocycles. The van der Waals surface area contributed by atoms with Gasteiger partial charge in [0.2, 0.25) is 0 Å². The second-order valence-corrected chi connectivity index (χ2v) is 5.38. The molecule has 1 N–H and O–H groups in total. The summed E-state index contributed by atoms with van der Waals surface area (Å²) in [6.45, 7) is 5.41. The van der Waals surface area contributed by atoms with Crippen LogP contribution in [0.4, 0.5) is 0 Å². The average Bonchev–Trinajstić information content (AvgIpc) is 2.91. The molecule has 0 aromatic heterocycles. The lowest BCUT2D eigenvalue weighted by Crippen LogP contribution is -2.32. The number of methoxy groups -OCH3 is 1. The highest BCUT2D eigenvalue weighted by atomic mass is 16.5. The van der Waals surface area contributed by atoms with Crippen LogP contribution in [0.2, 0.25) is 0 Å². The van der Waals surface area contributed by atoms with Gasteiger partial charge < -0.3 is 19.7 Å². The van der Waals surface area contributed by atoms with Crippen LogP contribution in [0.15, 0.2) is 0 Å². The quantitative estimate of drug-likeness (QED) is 0.744. The lowest BCUT2D eigenvalue weighted by Gasteiger charge is -2.21. The van der Waals surface area contributed by atoms with Gasteiger partial charge in [0.15, 0.2) is 0 Å². The molecule has 17 heavy (non-hydrogen) atoms. The summed E-state index contributed by atoms with van der Waals surface area (Å²) in [6, 6.07) is 0. The fourth-order valence-corrected chi connectivity index (χ4v) is 3.03. The van der Waals surface area contributed by atoms with Gasteiger partial charge in [0.1, 0.15) is 0 Å². The molecule has 2 rings (SSSR count). The minimum absolute atomic E-state index is 0.433. The Labute approximate surface area is 105 Å². The molecule has 4 heteroatoms. The molecular weight excluding hydrogens is 216 g/mol. The van der Waals surface area contributed by atoms with Crippen LogP contribution in [0, 0.1) is 5.92 Å². The van der Waals surface area contributed by atoms with E-state index in [0.717, 1.165) is 25.6 Å². The molecular formula is C13H26N2O2. The highest BCUT2D eigenvalue weighted by Gasteiger charge is 2.29. The van der Waals surface area contributed by atoms with E-state index in [0.29, 0.717) is 12.2 Å². The second kappa shape index (κ2) is 6.69. The van der Waals surface area contributed by atoms with Gasteiger partial charge in [0, 0.05) is 26.7 Å². The molecule has 0 amide bonds. The molecule has 3 unspecified atom stereocenters. The third-order valence-corrected chi connectivity index (χ3v) is 3.86. The summed E-state index contributed by atoms with van der Waals surface area (Å²) in [4.78, 5) is 2.54. The van der Waals surface area contributed by atoms with Crippen molar-refractivity contribution in [2.45, 2.75) is 31.5 Å². The van der Waals surface area contributed by atoms with E-state index in [1.807, 2.05) is 7.05 Å². The van der Waals surface area contributed by atoms with E-state index in [9.17, 15) is 0 Å². The molecule has 4 nitrogen and oxygen atoms in total. The number of nitrogens with one attached hydrogen (secondary N) is 1. The van der Waals surface area contributed by atoms with E-state index in [-0.39, 0.29) is 0 Å². The number of likely N-dealkylation sites (tertiary alicyclic amines) is 1. The van der Waals surface area contributed by atoms with Crippen molar-refractivity contribution in [3.05, 3.63) is 0 Å². The third kappa shape index (κ3) is 3.91. The second-order valence-electron chi connectivity index (χ2n) is 5.38. The van der Waals surface area contributed by atoms with Crippen molar-refractivity contribution in [3.8, 4) is 0 Å². The molecule has 3 atom stereocenters. The number of nitrogens with zero attached hydrogens (tertiary/aromatic N) is 1. The molecule has 0 aromatic rings. The maximum atomic E-state index is 6.02. The average molecular weight is 242 g/mol. The summed E-state index contributed by atoms with van der Waals surface area (Å²) in [5.41, 5.74) is 0. The molecule has 2 aliphatic rings. The molecule has 100 valence electrons. The monoisotopic (exact) mass is 242 g/mol. The molecule has 2 heterocycles. The number of ether oxygens (including phenoxy) is 2. The predicted molar refractivity (Wildman–Crippen MR) is 68.2 cm³/mol. The highest BCUT2D eigenvalue weighted by molar-refractivity contribution is 4.81. The first-order valence-electron chi connectivity index (χ1n) is 6.83. The Kier molecular flexibility index (Phi) is 5.22. The summed E-state index contributed by atoms with van der Waals surface area (Å²) in [5, 5.41) is 3.19.